The topological polar surface area (TPSA) is 64.8 Å². The lowest BCUT2D eigenvalue weighted by Gasteiger charge is -2.21. The molecule has 1 amide bonds. The summed E-state index contributed by atoms with van der Waals surface area (Å²) in [6, 6.07) is 1.75. The maximum Gasteiger partial charge on any atom is 0.264 e. The minimum absolute atomic E-state index is 0.0120. The number of methoxy groups -OCH3 is 2. The summed E-state index contributed by atoms with van der Waals surface area (Å²) in [5, 5.41) is 0. The quantitative estimate of drug-likeness (QED) is 0.740. The number of nitrogens with zero attached hydrogens (tertiary/aromatic N) is 1. The molecule has 0 saturated heterocycles. The molecular weight excluding hydrogens is 264 g/mol. The van der Waals surface area contributed by atoms with Crippen molar-refractivity contribution in [1.82, 2.24) is 4.90 Å². The molecule has 108 valence electrons. The Morgan fingerprint density at radius 1 is 1.32 bits per heavy atom. The molecule has 0 aliphatic rings. The zero-order chi connectivity index (χ0) is 14.3. The van der Waals surface area contributed by atoms with Crippen molar-refractivity contribution in [3.05, 3.63) is 15.8 Å². The summed E-state index contributed by atoms with van der Waals surface area (Å²) in [6.07, 6.45) is 0.811. The Kier molecular flexibility index (Phi) is 6.83. The number of hydrogen-bond acceptors (Lipinski definition) is 5. The van der Waals surface area contributed by atoms with Crippen LogP contribution in [0, 0.1) is 6.92 Å². The number of aryl methyl sites for hydroxylation is 1. The molecule has 1 heterocycles. The van der Waals surface area contributed by atoms with E-state index in [0.29, 0.717) is 36.9 Å². The van der Waals surface area contributed by atoms with E-state index >= 15 is 0 Å². The van der Waals surface area contributed by atoms with Crippen LogP contribution in [-0.2, 0) is 9.47 Å². The van der Waals surface area contributed by atoms with Crippen molar-refractivity contribution in [2.75, 3.05) is 46.3 Å². The molecule has 0 unspecified atom stereocenters. The van der Waals surface area contributed by atoms with Crippen LogP contribution >= 0.6 is 11.3 Å². The van der Waals surface area contributed by atoms with E-state index in [9.17, 15) is 4.79 Å². The third-order valence-electron chi connectivity index (χ3n) is 2.80. The molecule has 19 heavy (non-hydrogen) atoms. The van der Waals surface area contributed by atoms with Crippen molar-refractivity contribution in [3.63, 3.8) is 0 Å². The Balaban J connectivity index is 2.69. The van der Waals surface area contributed by atoms with Crippen LogP contribution < -0.4 is 5.73 Å². The van der Waals surface area contributed by atoms with Crippen LogP contribution in [0.15, 0.2) is 6.07 Å². The van der Waals surface area contributed by atoms with Crippen LogP contribution in [0.4, 0.5) is 5.69 Å². The monoisotopic (exact) mass is 286 g/mol. The van der Waals surface area contributed by atoms with Gasteiger partial charge in [-0.3, -0.25) is 4.79 Å². The van der Waals surface area contributed by atoms with Crippen molar-refractivity contribution < 1.29 is 14.3 Å². The fourth-order valence-corrected chi connectivity index (χ4v) is 2.58. The van der Waals surface area contributed by atoms with Gasteiger partial charge in [0.2, 0.25) is 0 Å². The number of rotatable bonds is 8. The lowest BCUT2D eigenvalue weighted by Crippen LogP contribution is -2.34. The van der Waals surface area contributed by atoms with Gasteiger partial charge in [0, 0.05) is 44.5 Å². The molecule has 5 nitrogen and oxygen atoms in total. The fraction of sp³-hybridized carbons (Fsp3) is 0.615. The van der Waals surface area contributed by atoms with Crippen LogP contribution in [0.25, 0.3) is 0 Å². The normalized spacial score (nSPS) is 10.7. The largest absolute Gasteiger partial charge is 0.398 e. The molecule has 0 atom stereocenters. The van der Waals surface area contributed by atoms with Crippen molar-refractivity contribution in [2.45, 2.75) is 13.3 Å². The minimum atomic E-state index is 0.0120. The Morgan fingerprint density at radius 2 is 2.00 bits per heavy atom. The molecule has 0 aliphatic heterocycles. The average molecular weight is 286 g/mol. The van der Waals surface area contributed by atoms with Gasteiger partial charge in [-0.05, 0) is 19.4 Å². The van der Waals surface area contributed by atoms with Gasteiger partial charge in [0.05, 0.1) is 11.5 Å². The molecule has 1 aromatic heterocycles. The molecule has 0 aliphatic carbocycles. The SMILES string of the molecule is COCCCN(CCOC)C(=O)c1cc(N)c(C)s1. The van der Waals surface area contributed by atoms with Gasteiger partial charge < -0.3 is 20.1 Å². The van der Waals surface area contributed by atoms with Gasteiger partial charge in [-0.2, -0.15) is 0 Å². The summed E-state index contributed by atoms with van der Waals surface area (Å²) in [5.41, 5.74) is 6.47. The van der Waals surface area contributed by atoms with Crippen LogP contribution in [0.5, 0.6) is 0 Å². The summed E-state index contributed by atoms with van der Waals surface area (Å²) >= 11 is 1.44. The summed E-state index contributed by atoms with van der Waals surface area (Å²) < 4.78 is 10.1. The Bertz CT molecular complexity index is 387. The second-order valence-electron chi connectivity index (χ2n) is 4.25. The highest BCUT2D eigenvalue weighted by molar-refractivity contribution is 7.14. The zero-order valence-corrected chi connectivity index (χ0v) is 12.6. The zero-order valence-electron chi connectivity index (χ0n) is 11.8. The average Bonchev–Trinajstić information content (AvgIpc) is 2.73. The third kappa shape index (κ3) is 4.81. The van der Waals surface area contributed by atoms with E-state index in [0.717, 1.165) is 11.3 Å². The van der Waals surface area contributed by atoms with Gasteiger partial charge in [-0.15, -0.1) is 11.3 Å². The molecule has 0 saturated carbocycles. The van der Waals surface area contributed by atoms with Crippen LogP contribution in [0.2, 0.25) is 0 Å². The van der Waals surface area contributed by atoms with Gasteiger partial charge in [0.1, 0.15) is 0 Å². The number of hydrogen-bond donors (Lipinski definition) is 1. The van der Waals surface area contributed by atoms with E-state index in [4.69, 9.17) is 15.2 Å². The second kappa shape index (κ2) is 8.14. The van der Waals surface area contributed by atoms with Crippen LogP contribution in [0.3, 0.4) is 0 Å². The molecule has 0 radical (unpaired) electrons. The number of anilines is 1. The fourth-order valence-electron chi connectivity index (χ4n) is 1.67. The standard InChI is InChI=1S/C13H22N2O3S/c1-10-11(14)9-12(19-10)13(16)15(6-8-18-3)5-4-7-17-2/h9H,4-8,14H2,1-3H3. The van der Waals surface area contributed by atoms with Crippen molar-refractivity contribution in [3.8, 4) is 0 Å². The van der Waals surface area contributed by atoms with Gasteiger partial charge >= 0.3 is 0 Å². The summed E-state index contributed by atoms with van der Waals surface area (Å²) in [6.45, 7) is 4.32. The minimum Gasteiger partial charge on any atom is -0.398 e. The van der Waals surface area contributed by atoms with Crippen molar-refractivity contribution >= 4 is 22.9 Å². The number of thiophene rings is 1. The number of carbonyl (C=O) groups excluding carboxylic acids is 1. The van der Waals surface area contributed by atoms with E-state index in [2.05, 4.69) is 0 Å². The molecule has 0 bridgehead atoms. The molecule has 1 rings (SSSR count). The van der Waals surface area contributed by atoms with Gasteiger partial charge in [-0.25, -0.2) is 0 Å². The highest BCUT2D eigenvalue weighted by atomic mass is 32.1. The van der Waals surface area contributed by atoms with Crippen molar-refractivity contribution in [1.29, 1.82) is 0 Å². The van der Waals surface area contributed by atoms with Gasteiger partial charge in [0.15, 0.2) is 0 Å². The third-order valence-corrected chi connectivity index (χ3v) is 3.85. The lowest BCUT2D eigenvalue weighted by molar-refractivity contribution is 0.0679. The van der Waals surface area contributed by atoms with E-state index < -0.39 is 0 Å². The van der Waals surface area contributed by atoms with Crippen LogP contribution in [0.1, 0.15) is 21.0 Å². The summed E-state index contributed by atoms with van der Waals surface area (Å²) in [7, 11) is 3.29. The predicted octanol–water partition coefficient (Wildman–Crippen LogP) is 1.76. The first-order chi connectivity index (χ1) is 9.10. The molecule has 1 aromatic rings. The highest BCUT2D eigenvalue weighted by Crippen LogP contribution is 2.24. The molecule has 0 fully saturated rings. The summed E-state index contributed by atoms with van der Waals surface area (Å²) in [5.74, 6) is 0.0120. The predicted molar refractivity (Wildman–Crippen MR) is 77.7 cm³/mol. The number of nitrogens with two attached hydrogens (primary N) is 1. The Labute approximate surface area is 118 Å². The van der Waals surface area contributed by atoms with E-state index in [1.165, 1.54) is 11.3 Å². The smallest absolute Gasteiger partial charge is 0.264 e. The van der Waals surface area contributed by atoms with E-state index in [1.807, 2.05) is 6.92 Å². The molecular formula is C13H22N2O3S. The van der Waals surface area contributed by atoms with Crippen LogP contribution in [-0.4, -0.2) is 51.3 Å². The first-order valence-corrected chi connectivity index (χ1v) is 7.04. The van der Waals surface area contributed by atoms with Gasteiger partial charge in [0.25, 0.3) is 5.91 Å². The van der Waals surface area contributed by atoms with Gasteiger partial charge in [-0.1, -0.05) is 0 Å². The molecule has 2 N–H and O–H groups in total. The lowest BCUT2D eigenvalue weighted by atomic mass is 10.3. The van der Waals surface area contributed by atoms with E-state index in [1.54, 1.807) is 25.2 Å². The number of nitrogen functional groups attached to an aromatic ring is 1. The summed E-state index contributed by atoms with van der Waals surface area (Å²) in [4.78, 5) is 15.8. The molecule has 0 aromatic carbocycles. The Morgan fingerprint density at radius 3 is 2.53 bits per heavy atom. The maximum absolute atomic E-state index is 12.4. The second-order valence-corrected chi connectivity index (χ2v) is 5.51. The Hall–Kier alpha value is -1.11. The van der Waals surface area contributed by atoms with Crippen molar-refractivity contribution in [2.24, 2.45) is 0 Å². The number of amides is 1. The number of ether oxygens (including phenoxy) is 2. The first kappa shape index (κ1) is 15.9. The molecule has 6 heteroatoms. The molecule has 0 spiro atoms. The highest BCUT2D eigenvalue weighted by Gasteiger charge is 2.18. The first-order valence-electron chi connectivity index (χ1n) is 6.23. The number of carbonyl (C=O) groups is 1. The van der Waals surface area contributed by atoms with E-state index in [-0.39, 0.29) is 5.91 Å². The maximum atomic E-state index is 12.4.